The van der Waals surface area contributed by atoms with Crippen molar-refractivity contribution < 1.29 is 28.6 Å². The van der Waals surface area contributed by atoms with Crippen LogP contribution in [0.5, 0.6) is 0 Å². The summed E-state index contributed by atoms with van der Waals surface area (Å²) >= 11 is 0. The van der Waals surface area contributed by atoms with Crippen LogP contribution in [0.15, 0.2) is 65.7 Å². The summed E-state index contributed by atoms with van der Waals surface area (Å²) in [5.74, 6) is -1.65. The van der Waals surface area contributed by atoms with E-state index in [-0.39, 0.29) is 31.8 Å². The van der Waals surface area contributed by atoms with E-state index >= 15 is 0 Å². The molecule has 0 aliphatic carbocycles. The average molecular weight is 437 g/mol. The molecule has 1 aliphatic heterocycles. The topological polar surface area (TPSA) is 91.3 Å². The molecule has 7 heteroatoms. The minimum Gasteiger partial charge on any atom is -0.461 e. The third kappa shape index (κ3) is 6.26. The molecule has 0 amide bonds. The van der Waals surface area contributed by atoms with Gasteiger partial charge in [0.05, 0.1) is 6.42 Å². The Bertz CT molecular complexity index is 994. The largest absolute Gasteiger partial charge is 0.461 e. The smallest absolute Gasteiger partial charge is 0.341 e. The zero-order valence-corrected chi connectivity index (χ0v) is 18.5. The summed E-state index contributed by atoms with van der Waals surface area (Å²) in [7, 11) is 0. The Kier molecular flexibility index (Phi) is 7.08. The molecule has 168 valence electrons. The van der Waals surface area contributed by atoms with Gasteiger partial charge in [-0.1, -0.05) is 48.5 Å². The minimum atomic E-state index is -1.55. The molecule has 2 aromatic carbocycles. The van der Waals surface area contributed by atoms with Crippen LogP contribution in [0, 0.1) is 0 Å². The molecule has 0 bridgehead atoms. The molecule has 7 nitrogen and oxygen atoms in total. The van der Waals surface area contributed by atoms with Gasteiger partial charge in [0, 0.05) is 12.0 Å². The van der Waals surface area contributed by atoms with Gasteiger partial charge < -0.3 is 14.2 Å². The number of carbonyl (C=O) groups excluding carboxylic acids is 3. The fourth-order valence-electron chi connectivity index (χ4n) is 3.24. The number of benzene rings is 2. The Hall–Kier alpha value is -3.48. The summed E-state index contributed by atoms with van der Waals surface area (Å²) in [4.78, 5) is 42.3. The Morgan fingerprint density at radius 2 is 1.59 bits per heavy atom. The van der Waals surface area contributed by atoms with E-state index in [4.69, 9.17) is 14.2 Å². The van der Waals surface area contributed by atoms with Crippen molar-refractivity contribution in [3.63, 3.8) is 0 Å². The van der Waals surface area contributed by atoms with Crippen LogP contribution >= 0.6 is 0 Å². The molecule has 0 saturated heterocycles. The third-order valence-corrected chi connectivity index (χ3v) is 4.75. The monoisotopic (exact) mass is 437 g/mol. The Morgan fingerprint density at radius 3 is 2.22 bits per heavy atom. The summed E-state index contributed by atoms with van der Waals surface area (Å²) in [5.41, 5.74) is -0.771. The van der Waals surface area contributed by atoms with Crippen LogP contribution in [-0.4, -0.2) is 34.9 Å². The van der Waals surface area contributed by atoms with E-state index in [0.29, 0.717) is 5.56 Å². The molecular weight excluding hydrogens is 410 g/mol. The lowest BCUT2D eigenvalue weighted by Crippen LogP contribution is -2.38. The molecule has 0 saturated carbocycles. The fourth-order valence-corrected chi connectivity index (χ4v) is 3.24. The lowest BCUT2D eigenvalue weighted by molar-refractivity contribution is -0.157. The highest BCUT2D eigenvalue weighted by Gasteiger charge is 2.48. The van der Waals surface area contributed by atoms with E-state index in [1.54, 1.807) is 45.0 Å². The van der Waals surface area contributed by atoms with Gasteiger partial charge in [-0.2, -0.15) is 0 Å². The second-order valence-electron chi connectivity index (χ2n) is 8.61. The van der Waals surface area contributed by atoms with Crippen molar-refractivity contribution in [1.82, 2.24) is 0 Å². The number of hydrogen-bond acceptors (Lipinski definition) is 7. The summed E-state index contributed by atoms with van der Waals surface area (Å²) in [6.45, 7) is 5.36. The maximum Gasteiger partial charge on any atom is 0.341 e. The van der Waals surface area contributed by atoms with Crippen molar-refractivity contribution >= 4 is 23.8 Å². The number of carbonyl (C=O) groups is 3. The maximum absolute atomic E-state index is 12.9. The van der Waals surface area contributed by atoms with Gasteiger partial charge in [-0.3, -0.25) is 9.59 Å². The molecular formula is C25H27NO6. The molecule has 3 rings (SSSR count). The number of cyclic esters (lactones) is 1. The van der Waals surface area contributed by atoms with Gasteiger partial charge in [-0.25, -0.2) is 9.79 Å². The molecule has 0 aromatic heterocycles. The number of esters is 3. The molecule has 0 fully saturated rings. The molecule has 0 radical (unpaired) electrons. The molecule has 1 aliphatic rings. The molecule has 32 heavy (non-hydrogen) atoms. The van der Waals surface area contributed by atoms with Crippen molar-refractivity contribution in [3.8, 4) is 0 Å². The van der Waals surface area contributed by atoms with Crippen molar-refractivity contribution in [3.05, 3.63) is 71.8 Å². The number of nitrogens with zero attached hydrogens (tertiary/aromatic N) is 1. The van der Waals surface area contributed by atoms with E-state index in [2.05, 4.69) is 4.99 Å². The third-order valence-electron chi connectivity index (χ3n) is 4.75. The van der Waals surface area contributed by atoms with Crippen LogP contribution in [0.25, 0.3) is 0 Å². The van der Waals surface area contributed by atoms with Gasteiger partial charge in [0.15, 0.2) is 5.54 Å². The van der Waals surface area contributed by atoms with Gasteiger partial charge in [-0.15, -0.1) is 0 Å². The summed E-state index contributed by atoms with van der Waals surface area (Å²) in [6, 6.07) is 18.1. The van der Waals surface area contributed by atoms with Gasteiger partial charge in [0.1, 0.15) is 12.2 Å². The first kappa shape index (κ1) is 23.2. The average Bonchev–Trinajstić information content (AvgIpc) is 3.07. The normalized spacial score (nSPS) is 18.0. The Balaban J connectivity index is 1.77. The number of aliphatic imine (C=N–C) groups is 1. The van der Waals surface area contributed by atoms with Crippen molar-refractivity contribution in [2.24, 2.45) is 4.99 Å². The fraction of sp³-hybridized carbons (Fsp3) is 0.360. The van der Waals surface area contributed by atoms with E-state index in [0.717, 1.165) is 5.56 Å². The van der Waals surface area contributed by atoms with Crippen LogP contribution in [0.4, 0.5) is 0 Å². The van der Waals surface area contributed by atoms with E-state index < -0.39 is 29.0 Å². The Labute approximate surface area is 187 Å². The molecule has 0 N–H and O–H groups in total. The second-order valence-corrected chi connectivity index (χ2v) is 8.61. The van der Waals surface area contributed by atoms with Crippen molar-refractivity contribution in [1.29, 1.82) is 0 Å². The highest BCUT2D eigenvalue weighted by Crippen LogP contribution is 2.32. The summed E-state index contributed by atoms with van der Waals surface area (Å²) in [5, 5.41) is 0. The van der Waals surface area contributed by atoms with Crippen LogP contribution in [0.3, 0.4) is 0 Å². The number of ether oxygens (including phenoxy) is 3. The quantitative estimate of drug-likeness (QED) is 0.458. The van der Waals surface area contributed by atoms with Crippen molar-refractivity contribution in [2.75, 3.05) is 0 Å². The van der Waals surface area contributed by atoms with Crippen LogP contribution in [-0.2, 0) is 35.2 Å². The lowest BCUT2D eigenvalue weighted by atomic mass is 9.90. The molecule has 0 spiro atoms. The molecule has 0 unspecified atom stereocenters. The van der Waals surface area contributed by atoms with Crippen LogP contribution in [0.2, 0.25) is 0 Å². The summed E-state index contributed by atoms with van der Waals surface area (Å²) < 4.78 is 16.1. The SMILES string of the molecule is CC(C)(C)OC(=O)CC[C@@]1(CC(=O)OCc2ccccc2)N=C(c2ccccc2)OC1=O. The van der Waals surface area contributed by atoms with Gasteiger partial charge in [0.2, 0.25) is 5.90 Å². The maximum atomic E-state index is 12.9. The first-order valence-electron chi connectivity index (χ1n) is 10.5. The zero-order chi connectivity index (χ0) is 23.2. The molecule has 1 atom stereocenters. The highest BCUT2D eigenvalue weighted by atomic mass is 16.6. The highest BCUT2D eigenvalue weighted by molar-refractivity contribution is 6.09. The first-order valence-corrected chi connectivity index (χ1v) is 10.5. The van der Waals surface area contributed by atoms with Gasteiger partial charge in [-0.05, 0) is 44.9 Å². The number of hydrogen-bond donors (Lipinski definition) is 0. The molecule has 1 heterocycles. The molecule has 2 aromatic rings. The lowest BCUT2D eigenvalue weighted by Gasteiger charge is -2.23. The summed E-state index contributed by atoms with van der Waals surface area (Å²) in [6.07, 6.45) is -0.459. The van der Waals surface area contributed by atoms with Crippen molar-refractivity contribution in [2.45, 2.75) is 57.8 Å². The minimum absolute atomic E-state index is 0.0302. The van der Waals surface area contributed by atoms with Crippen LogP contribution < -0.4 is 0 Å². The predicted octanol–water partition coefficient (Wildman–Crippen LogP) is 3.98. The first-order chi connectivity index (χ1) is 15.2. The predicted molar refractivity (Wildman–Crippen MR) is 118 cm³/mol. The zero-order valence-electron chi connectivity index (χ0n) is 18.5. The van der Waals surface area contributed by atoms with E-state index in [9.17, 15) is 14.4 Å². The van der Waals surface area contributed by atoms with Gasteiger partial charge in [0.25, 0.3) is 0 Å². The standard InChI is InChI=1S/C25H27NO6/c1-24(2,3)32-20(27)14-15-25(16-21(28)30-17-18-10-6-4-7-11-18)23(29)31-22(26-25)19-12-8-5-9-13-19/h4-13H,14-17H2,1-3H3/t25-/m0/s1. The van der Waals surface area contributed by atoms with Gasteiger partial charge >= 0.3 is 17.9 Å². The Morgan fingerprint density at radius 1 is 0.969 bits per heavy atom. The second kappa shape index (κ2) is 9.77. The van der Waals surface area contributed by atoms with E-state index in [1.807, 2.05) is 36.4 Å². The number of rotatable bonds is 8. The van der Waals surface area contributed by atoms with Crippen LogP contribution in [0.1, 0.15) is 51.2 Å². The van der Waals surface area contributed by atoms with E-state index in [1.165, 1.54) is 0 Å².